The molecule has 0 saturated carbocycles. The molecule has 2 N–H and O–H groups in total. The smallest absolute Gasteiger partial charge is 0.0999 e. The molecule has 0 unspecified atom stereocenters. The molecule has 0 heterocycles. The molecule has 0 spiro atoms. The highest BCUT2D eigenvalue weighted by atomic mass is 79.9. The fourth-order valence-electron chi connectivity index (χ4n) is 1.30. The lowest BCUT2D eigenvalue weighted by atomic mass is 10.0. The second kappa shape index (κ2) is 7.02. The fourth-order valence-corrected chi connectivity index (χ4v) is 1.75. The number of nitrogens with one attached hydrogen (secondary N) is 2. The molecular formula is C12H16BrN3. The summed E-state index contributed by atoms with van der Waals surface area (Å²) >= 11 is 3.32. The summed E-state index contributed by atoms with van der Waals surface area (Å²) in [5.74, 6) is 0. The first-order valence-electron chi connectivity index (χ1n) is 5.07. The molecule has 16 heavy (non-hydrogen) atoms. The summed E-state index contributed by atoms with van der Waals surface area (Å²) in [6.07, 6.45) is 0. The van der Waals surface area contributed by atoms with E-state index < -0.39 is 0 Å². The number of nitrogens with zero attached hydrogens (tertiary/aromatic N) is 1. The van der Waals surface area contributed by atoms with E-state index in [-0.39, 0.29) is 0 Å². The van der Waals surface area contributed by atoms with E-state index in [0.29, 0.717) is 16.8 Å². The monoisotopic (exact) mass is 281 g/mol. The van der Waals surface area contributed by atoms with Gasteiger partial charge in [-0.3, -0.25) is 0 Å². The molecule has 0 saturated heterocycles. The lowest BCUT2D eigenvalue weighted by molar-refractivity contribution is 1.38. The maximum absolute atomic E-state index is 8.92. The van der Waals surface area contributed by atoms with Crippen LogP contribution in [0.2, 0.25) is 0 Å². The molecule has 0 radical (unpaired) electrons. The number of hydrogen-bond acceptors (Lipinski definition) is 3. The Kier molecular flexibility index (Phi) is 6.43. The molecule has 0 fully saturated rings. The van der Waals surface area contributed by atoms with Gasteiger partial charge in [0.15, 0.2) is 0 Å². The van der Waals surface area contributed by atoms with Crippen molar-refractivity contribution >= 4 is 27.3 Å². The zero-order valence-electron chi connectivity index (χ0n) is 9.98. The molecule has 0 atom stereocenters. The van der Waals surface area contributed by atoms with Crippen LogP contribution in [0, 0.1) is 16.7 Å². The third-order valence-corrected chi connectivity index (χ3v) is 2.33. The molecular weight excluding hydrogens is 266 g/mol. The molecule has 1 aromatic rings. The minimum Gasteiger partial charge on any atom is -0.388 e. The predicted octanol–water partition coefficient (Wildman–Crippen LogP) is 3.78. The minimum absolute atomic E-state index is 0.387. The van der Waals surface area contributed by atoms with Gasteiger partial charge in [0.2, 0.25) is 0 Å². The van der Waals surface area contributed by atoms with Gasteiger partial charge in [0.25, 0.3) is 0 Å². The van der Waals surface area contributed by atoms with Crippen LogP contribution in [0.3, 0.4) is 0 Å². The van der Waals surface area contributed by atoms with Gasteiger partial charge in [0.05, 0.1) is 11.6 Å². The molecule has 3 nitrogen and oxygen atoms in total. The lowest BCUT2D eigenvalue weighted by Crippen LogP contribution is -2.03. The maximum atomic E-state index is 8.92. The summed E-state index contributed by atoms with van der Waals surface area (Å²) in [6.45, 7) is 5.67. The Hall–Kier alpha value is -1.34. The number of hydrogen-bond donors (Lipinski definition) is 2. The molecule has 0 bridgehead atoms. The van der Waals surface area contributed by atoms with Crippen LogP contribution in [-0.2, 0) is 0 Å². The van der Waals surface area contributed by atoms with Crippen LogP contribution in [0.25, 0.3) is 0 Å². The van der Waals surface area contributed by atoms with Crippen molar-refractivity contribution in [3.63, 3.8) is 0 Å². The summed E-state index contributed by atoms with van der Waals surface area (Å²) in [6, 6.07) is 5.65. The van der Waals surface area contributed by atoms with Gasteiger partial charge in [-0.1, -0.05) is 29.8 Å². The van der Waals surface area contributed by atoms with Crippen molar-refractivity contribution in [2.24, 2.45) is 0 Å². The van der Waals surface area contributed by atoms with E-state index >= 15 is 0 Å². The van der Waals surface area contributed by atoms with Gasteiger partial charge in [0, 0.05) is 28.5 Å². The van der Waals surface area contributed by atoms with Crippen LogP contribution in [0.4, 0.5) is 5.69 Å². The summed E-state index contributed by atoms with van der Waals surface area (Å²) in [5, 5.41) is 19.5. The van der Waals surface area contributed by atoms with Gasteiger partial charge in [-0.25, -0.2) is 0 Å². The quantitative estimate of drug-likeness (QED) is 0.811. The molecule has 0 amide bonds. The van der Waals surface area contributed by atoms with Gasteiger partial charge < -0.3 is 10.7 Å². The van der Waals surface area contributed by atoms with Crippen molar-refractivity contribution in [2.75, 3.05) is 12.4 Å². The van der Waals surface area contributed by atoms with Crippen molar-refractivity contribution in [3.05, 3.63) is 27.7 Å². The molecule has 1 rings (SSSR count). The third-order valence-electron chi connectivity index (χ3n) is 1.87. The van der Waals surface area contributed by atoms with Crippen molar-refractivity contribution in [1.29, 1.82) is 10.7 Å². The number of anilines is 1. The molecule has 4 heteroatoms. The highest BCUT2D eigenvalue weighted by Gasteiger charge is 2.10. The molecule has 1 aromatic carbocycles. The Morgan fingerprint density at radius 2 is 2.00 bits per heavy atom. The van der Waals surface area contributed by atoms with Gasteiger partial charge in [-0.2, -0.15) is 5.26 Å². The third kappa shape index (κ3) is 3.35. The Morgan fingerprint density at radius 3 is 2.38 bits per heavy atom. The van der Waals surface area contributed by atoms with Crippen LogP contribution in [-0.4, -0.2) is 12.8 Å². The second-order valence-electron chi connectivity index (χ2n) is 2.86. The van der Waals surface area contributed by atoms with Gasteiger partial charge in [-0.15, -0.1) is 0 Å². The van der Waals surface area contributed by atoms with E-state index in [0.717, 1.165) is 10.2 Å². The Bertz CT molecular complexity index is 419. The lowest BCUT2D eigenvalue weighted by Gasteiger charge is -2.10. The maximum Gasteiger partial charge on any atom is 0.0999 e. The van der Waals surface area contributed by atoms with Crippen molar-refractivity contribution in [2.45, 2.75) is 20.8 Å². The molecule has 0 aromatic heterocycles. The summed E-state index contributed by atoms with van der Waals surface area (Å²) in [5.41, 5.74) is 2.36. The SMILES string of the molecule is CC.CNc1cc(Br)cc(C#N)c1C(C)=N. The molecule has 0 aliphatic heterocycles. The first-order valence-corrected chi connectivity index (χ1v) is 5.86. The number of halogens is 1. The summed E-state index contributed by atoms with van der Waals surface area (Å²) in [4.78, 5) is 0. The second-order valence-corrected chi connectivity index (χ2v) is 3.78. The highest BCUT2D eigenvalue weighted by Crippen LogP contribution is 2.25. The Morgan fingerprint density at radius 1 is 1.44 bits per heavy atom. The van der Waals surface area contributed by atoms with Gasteiger partial charge in [0.1, 0.15) is 0 Å². The van der Waals surface area contributed by atoms with Crippen LogP contribution >= 0.6 is 15.9 Å². The van der Waals surface area contributed by atoms with Crippen LogP contribution in [0.15, 0.2) is 16.6 Å². The molecule has 0 aliphatic rings. The zero-order valence-corrected chi connectivity index (χ0v) is 11.6. The standard InChI is InChI=1S/C10H10BrN3.C2H6/c1-6(13)10-7(5-12)3-8(11)4-9(10)14-2;1-2/h3-4,13-14H,1-2H3;1-2H3. The largest absolute Gasteiger partial charge is 0.388 e. The minimum atomic E-state index is 0.387. The highest BCUT2D eigenvalue weighted by molar-refractivity contribution is 9.10. The van der Waals surface area contributed by atoms with Gasteiger partial charge >= 0.3 is 0 Å². The average Bonchev–Trinajstić information content (AvgIpc) is 2.29. The van der Waals surface area contributed by atoms with Crippen molar-refractivity contribution in [3.8, 4) is 6.07 Å². The number of rotatable bonds is 2. The summed E-state index contributed by atoms with van der Waals surface area (Å²) < 4.78 is 0.836. The number of nitriles is 1. The van der Waals surface area contributed by atoms with Gasteiger partial charge in [-0.05, 0) is 19.1 Å². The Labute approximate surface area is 105 Å². The van der Waals surface area contributed by atoms with Crippen molar-refractivity contribution < 1.29 is 0 Å². The van der Waals surface area contributed by atoms with Crippen LogP contribution in [0.5, 0.6) is 0 Å². The number of benzene rings is 1. The van der Waals surface area contributed by atoms with E-state index in [4.69, 9.17) is 10.7 Å². The van der Waals surface area contributed by atoms with Crippen LogP contribution in [0.1, 0.15) is 31.9 Å². The van der Waals surface area contributed by atoms with Crippen LogP contribution < -0.4 is 5.32 Å². The fraction of sp³-hybridized carbons (Fsp3) is 0.333. The first-order chi connectivity index (χ1) is 7.60. The normalized spacial score (nSPS) is 8.50. The Balaban J connectivity index is 0.00000106. The molecule has 0 aliphatic carbocycles. The van der Waals surface area contributed by atoms with E-state index in [1.165, 1.54) is 0 Å². The van der Waals surface area contributed by atoms with E-state index in [1.54, 1.807) is 20.0 Å². The zero-order chi connectivity index (χ0) is 12.7. The molecule has 86 valence electrons. The average molecular weight is 282 g/mol. The predicted molar refractivity (Wildman–Crippen MR) is 72.3 cm³/mol. The van der Waals surface area contributed by atoms with E-state index in [1.807, 2.05) is 19.9 Å². The van der Waals surface area contributed by atoms with E-state index in [2.05, 4.69) is 27.3 Å². The first kappa shape index (κ1) is 14.7. The van der Waals surface area contributed by atoms with E-state index in [9.17, 15) is 0 Å². The van der Waals surface area contributed by atoms with Crippen molar-refractivity contribution in [1.82, 2.24) is 0 Å². The topological polar surface area (TPSA) is 59.7 Å². The summed E-state index contributed by atoms with van der Waals surface area (Å²) in [7, 11) is 1.77.